The first kappa shape index (κ1) is 8.78. The van der Waals surface area contributed by atoms with Crippen molar-refractivity contribution in [2.45, 2.75) is 19.3 Å². The number of anilines is 1. The Hall–Kier alpha value is -0.800. The van der Waals surface area contributed by atoms with Gasteiger partial charge in [-0.25, -0.2) is 0 Å². The van der Waals surface area contributed by atoms with Gasteiger partial charge in [-0.3, -0.25) is 4.98 Å². The van der Waals surface area contributed by atoms with E-state index in [0.29, 0.717) is 10.7 Å². The van der Waals surface area contributed by atoms with Crippen molar-refractivity contribution >= 4 is 17.3 Å². The first-order chi connectivity index (χ1) is 6.20. The first-order valence-electron chi connectivity index (χ1n) is 4.27. The van der Waals surface area contributed by atoms with Crippen LogP contribution in [0.5, 0.6) is 0 Å². The Balaban J connectivity index is 2.52. The summed E-state index contributed by atoms with van der Waals surface area (Å²) < 4.78 is 0. The maximum absolute atomic E-state index is 11.1. The summed E-state index contributed by atoms with van der Waals surface area (Å²) in [5, 5.41) is 12.4. The third kappa shape index (κ3) is 1.38. The fraction of sp³-hybridized carbons (Fsp3) is 0.444. The lowest BCUT2D eigenvalue weighted by Crippen LogP contribution is -2.08. The van der Waals surface area contributed by atoms with Crippen LogP contribution < -0.4 is 5.06 Å². The average molecular weight is 198 g/mol. The van der Waals surface area contributed by atoms with Crippen molar-refractivity contribution in [2.24, 2.45) is 0 Å². The van der Waals surface area contributed by atoms with Crippen LogP contribution in [0.2, 0.25) is 5.02 Å². The quantitative estimate of drug-likeness (QED) is 0.648. The predicted molar refractivity (Wildman–Crippen MR) is 53.0 cm³/mol. The van der Waals surface area contributed by atoms with Crippen molar-refractivity contribution in [3.63, 3.8) is 0 Å². The molecule has 1 aromatic heterocycles. The van der Waals surface area contributed by atoms with Crippen LogP contribution in [0.25, 0.3) is 0 Å². The summed E-state index contributed by atoms with van der Waals surface area (Å²) in [6, 6.07) is 0. The molecule has 0 spiro atoms. The Bertz CT molecular complexity index is 339. The lowest BCUT2D eigenvalue weighted by Gasteiger charge is -2.26. The largest absolute Gasteiger partial charge is 0.758 e. The molecule has 70 valence electrons. The van der Waals surface area contributed by atoms with E-state index in [1.54, 1.807) is 6.20 Å². The van der Waals surface area contributed by atoms with E-state index >= 15 is 0 Å². The number of aryl methyl sites for hydroxylation is 1. The predicted octanol–water partition coefficient (Wildman–Crippen LogP) is 2.16. The molecule has 0 saturated heterocycles. The van der Waals surface area contributed by atoms with Gasteiger partial charge in [0.2, 0.25) is 0 Å². The van der Waals surface area contributed by atoms with E-state index in [-0.39, 0.29) is 0 Å². The highest BCUT2D eigenvalue weighted by atomic mass is 35.5. The van der Waals surface area contributed by atoms with Crippen LogP contribution in [-0.4, -0.2) is 12.0 Å². The lowest BCUT2D eigenvalue weighted by molar-refractivity contribution is 0.899. The Morgan fingerprint density at radius 2 is 2.31 bits per heavy atom. The van der Waals surface area contributed by atoms with Gasteiger partial charge in [0.15, 0.2) is 0 Å². The van der Waals surface area contributed by atoms with Crippen LogP contribution in [0.1, 0.15) is 17.7 Å². The summed E-state index contributed by atoms with van der Waals surface area (Å²) in [7, 11) is 1.43. The minimum absolute atomic E-state index is 0.474. The maximum atomic E-state index is 11.1. The molecule has 0 bridgehead atoms. The summed E-state index contributed by atoms with van der Waals surface area (Å²) in [5.41, 5.74) is 2.58. The smallest absolute Gasteiger partial charge is 0.0697 e. The molecule has 0 radical (unpaired) electrons. The molecule has 3 nitrogen and oxygen atoms in total. The first-order valence-corrected chi connectivity index (χ1v) is 4.65. The number of rotatable bonds is 1. The van der Waals surface area contributed by atoms with Gasteiger partial charge >= 0.3 is 0 Å². The van der Waals surface area contributed by atoms with Gasteiger partial charge in [0.05, 0.1) is 16.9 Å². The van der Waals surface area contributed by atoms with Gasteiger partial charge in [-0.1, -0.05) is 11.6 Å². The second-order valence-corrected chi connectivity index (χ2v) is 3.61. The number of halogens is 1. The van der Waals surface area contributed by atoms with Crippen LogP contribution in [-0.2, 0) is 12.8 Å². The number of pyridine rings is 1. The molecule has 0 N–H and O–H groups in total. The molecule has 1 aliphatic carbocycles. The van der Waals surface area contributed by atoms with E-state index in [1.165, 1.54) is 7.05 Å². The van der Waals surface area contributed by atoms with Gasteiger partial charge in [0, 0.05) is 5.69 Å². The lowest BCUT2D eigenvalue weighted by atomic mass is 10.2. The van der Waals surface area contributed by atoms with Crippen molar-refractivity contribution in [3.8, 4) is 0 Å². The summed E-state index contributed by atoms with van der Waals surface area (Å²) >= 11 is 6.07. The van der Waals surface area contributed by atoms with Crippen LogP contribution in [0.3, 0.4) is 0 Å². The highest BCUT2D eigenvalue weighted by molar-refractivity contribution is 6.34. The van der Waals surface area contributed by atoms with E-state index in [4.69, 9.17) is 11.6 Å². The molecule has 0 saturated carbocycles. The monoisotopic (exact) mass is 197 g/mol. The minimum atomic E-state index is 0.474. The van der Waals surface area contributed by atoms with Gasteiger partial charge in [-0.05, 0) is 31.9 Å². The molecule has 1 aliphatic rings. The normalized spacial score (nSPS) is 14.4. The Morgan fingerprint density at radius 1 is 1.54 bits per heavy atom. The maximum Gasteiger partial charge on any atom is 0.0697 e. The molecule has 1 aromatic rings. The van der Waals surface area contributed by atoms with E-state index < -0.39 is 0 Å². The molecule has 0 aromatic carbocycles. The fourth-order valence-electron chi connectivity index (χ4n) is 1.68. The topological polar surface area (TPSA) is 39.2 Å². The summed E-state index contributed by atoms with van der Waals surface area (Å²) in [6.07, 6.45) is 4.58. The average Bonchev–Trinajstić information content (AvgIpc) is 2.52. The number of fused-ring (bicyclic) bond motifs is 1. The number of hydroxylamine groups is 1. The van der Waals surface area contributed by atoms with E-state index in [9.17, 15) is 5.21 Å². The summed E-state index contributed by atoms with van der Waals surface area (Å²) in [4.78, 5) is 4.22. The molecular formula is C9H10ClN2O-. The summed E-state index contributed by atoms with van der Waals surface area (Å²) in [6.45, 7) is 0. The number of aromatic nitrogens is 1. The highest BCUT2D eigenvalue weighted by Gasteiger charge is 2.17. The molecule has 4 heteroatoms. The standard InChI is InChI=1S/C9H10ClN2O/c1-12(13)8-5-11-7-4-2-3-6(7)9(8)10/h5H,2-4H2,1H3/q-1. The van der Waals surface area contributed by atoms with Crippen LogP contribution in [0.15, 0.2) is 6.20 Å². The van der Waals surface area contributed by atoms with E-state index in [1.807, 2.05) is 0 Å². The molecule has 2 rings (SSSR count). The summed E-state index contributed by atoms with van der Waals surface area (Å²) in [5.74, 6) is 0. The van der Waals surface area contributed by atoms with Crippen LogP contribution in [0, 0.1) is 5.21 Å². The van der Waals surface area contributed by atoms with Crippen molar-refractivity contribution in [1.82, 2.24) is 4.98 Å². The second-order valence-electron chi connectivity index (χ2n) is 3.23. The Morgan fingerprint density at radius 3 is 3.00 bits per heavy atom. The molecule has 13 heavy (non-hydrogen) atoms. The molecule has 0 amide bonds. The SMILES string of the molecule is CN([O-])c1cnc2c(c1Cl)CCC2. The Labute approximate surface area is 81.9 Å². The van der Waals surface area contributed by atoms with Gasteiger partial charge in [0.25, 0.3) is 0 Å². The molecule has 1 heterocycles. The van der Waals surface area contributed by atoms with Crippen LogP contribution >= 0.6 is 11.6 Å². The van der Waals surface area contributed by atoms with Gasteiger partial charge < -0.3 is 10.3 Å². The molecular weight excluding hydrogens is 188 g/mol. The van der Waals surface area contributed by atoms with E-state index in [0.717, 1.165) is 35.6 Å². The van der Waals surface area contributed by atoms with Gasteiger partial charge in [-0.15, -0.1) is 0 Å². The number of hydrogen-bond acceptors (Lipinski definition) is 3. The fourth-order valence-corrected chi connectivity index (χ4v) is 2.05. The Kier molecular flexibility index (Phi) is 2.14. The second kappa shape index (κ2) is 3.16. The molecule has 0 unspecified atom stereocenters. The van der Waals surface area contributed by atoms with Crippen molar-refractivity contribution in [1.29, 1.82) is 0 Å². The number of hydrogen-bond donors (Lipinski definition) is 0. The number of nitrogens with zero attached hydrogens (tertiary/aromatic N) is 2. The van der Waals surface area contributed by atoms with Crippen molar-refractivity contribution in [2.75, 3.05) is 12.1 Å². The third-order valence-electron chi connectivity index (χ3n) is 2.36. The van der Waals surface area contributed by atoms with Crippen molar-refractivity contribution < 1.29 is 0 Å². The van der Waals surface area contributed by atoms with Crippen molar-refractivity contribution in [3.05, 3.63) is 27.7 Å². The third-order valence-corrected chi connectivity index (χ3v) is 2.78. The highest BCUT2D eigenvalue weighted by Crippen LogP contribution is 2.33. The zero-order chi connectivity index (χ0) is 9.42. The van der Waals surface area contributed by atoms with Gasteiger partial charge in [0.1, 0.15) is 0 Å². The van der Waals surface area contributed by atoms with E-state index in [2.05, 4.69) is 4.98 Å². The minimum Gasteiger partial charge on any atom is -0.758 e. The van der Waals surface area contributed by atoms with Crippen LogP contribution in [0.4, 0.5) is 5.69 Å². The van der Waals surface area contributed by atoms with Gasteiger partial charge in [-0.2, -0.15) is 0 Å². The zero-order valence-electron chi connectivity index (χ0n) is 7.38. The molecule has 0 aliphatic heterocycles. The molecule has 0 atom stereocenters. The zero-order valence-corrected chi connectivity index (χ0v) is 8.14. The molecule has 0 fully saturated rings.